The number of allylic oxidation sites excluding steroid dienone is 1. The number of amides is 1. The quantitative estimate of drug-likeness (QED) is 0.483. The summed E-state index contributed by atoms with van der Waals surface area (Å²) < 4.78 is 4.70. The average molecular weight is 225 g/mol. The molecule has 0 saturated carbocycles. The lowest BCUT2D eigenvalue weighted by Crippen LogP contribution is -2.25. The van der Waals surface area contributed by atoms with Crippen LogP contribution in [-0.4, -0.2) is 25.0 Å². The molecule has 0 bridgehead atoms. The summed E-state index contributed by atoms with van der Waals surface area (Å²) in [6, 6.07) is 0. The zero-order chi connectivity index (χ0) is 12.2. The van der Waals surface area contributed by atoms with Crippen molar-refractivity contribution < 1.29 is 14.3 Å². The third-order valence-corrected chi connectivity index (χ3v) is 1.86. The number of alkyl carbamates (subject to hydrolysis) is 1. The molecule has 0 rings (SSSR count). The smallest absolute Gasteiger partial charge is 0.407 e. The molecule has 0 fully saturated rings. The molecule has 90 valence electrons. The van der Waals surface area contributed by atoms with Gasteiger partial charge in [-0.05, 0) is 12.8 Å². The first-order chi connectivity index (χ1) is 7.70. The number of rotatable bonds is 9. The van der Waals surface area contributed by atoms with E-state index in [0.29, 0.717) is 32.2 Å². The molecule has 0 atom stereocenters. The Morgan fingerprint density at radius 3 is 2.56 bits per heavy atom. The summed E-state index contributed by atoms with van der Waals surface area (Å²) in [5.41, 5.74) is 0. The summed E-state index contributed by atoms with van der Waals surface area (Å²) in [5.74, 6) is 0.196. The Balaban J connectivity index is 3.37. The van der Waals surface area contributed by atoms with Gasteiger partial charge in [0.25, 0.3) is 0 Å². The Kier molecular flexibility index (Phi) is 8.97. The molecule has 0 aromatic carbocycles. The summed E-state index contributed by atoms with van der Waals surface area (Å²) in [4.78, 5) is 22.2. The third-order valence-electron chi connectivity index (χ3n) is 1.86. The first-order valence-electron chi connectivity index (χ1n) is 5.34. The Labute approximate surface area is 96.4 Å². The fraction of sp³-hybridized carbons (Fsp3) is 0.500. The SMILES string of the molecule is C=CCCC(=O)CCCNC(=O)OCC=C. The molecule has 0 radical (unpaired) electrons. The summed E-state index contributed by atoms with van der Waals surface area (Å²) >= 11 is 0. The van der Waals surface area contributed by atoms with Crippen molar-refractivity contribution in [2.45, 2.75) is 25.7 Å². The van der Waals surface area contributed by atoms with E-state index in [0.717, 1.165) is 0 Å². The molecule has 1 N–H and O–H groups in total. The van der Waals surface area contributed by atoms with Crippen molar-refractivity contribution in [1.82, 2.24) is 5.32 Å². The van der Waals surface area contributed by atoms with Crippen molar-refractivity contribution in [3.8, 4) is 0 Å². The van der Waals surface area contributed by atoms with E-state index >= 15 is 0 Å². The number of Topliss-reactive ketones (excluding diaryl/α,β-unsaturated/α-hetero) is 1. The summed E-state index contributed by atoms with van der Waals surface area (Å²) in [6.45, 7) is 7.62. The van der Waals surface area contributed by atoms with E-state index in [-0.39, 0.29) is 12.4 Å². The highest BCUT2D eigenvalue weighted by Crippen LogP contribution is 1.98. The van der Waals surface area contributed by atoms with Crippen LogP contribution >= 0.6 is 0 Å². The number of hydrogen-bond donors (Lipinski definition) is 1. The molecule has 16 heavy (non-hydrogen) atoms. The van der Waals surface area contributed by atoms with E-state index in [4.69, 9.17) is 4.74 Å². The highest BCUT2D eigenvalue weighted by Gasteiger charge is 2.02. The van der Waals surface area contributed by atoms with Crippen LogP contribution in [-0.2, 0) is 9.53 Å². The van der Waals surface area contributed by atoms with Crippen molar-refractivity contribution >= 4 is 11.9 Å². The zero-order valence-corrected chi connectivity index (χ0v) is 9.54. The topological polar surface area (TPSA) is 55.4 Å². The predicted octanol–water partition coefficient (Wildman–Crippen LogP) is 2.21. The first-order valence-corrected chi connectivity index (χ1v) is 5.34. The second-order valence-electron chi connectivity index (χ2n) is 3.28. The number of carbonyl (C=O) groups is 2. The van der Waals surface area contributed by atoms with Crippen molar-refractivity contribution in [2.24, 2.45) is 0 Å². The molecule has 0 unspecified atom stereocenters. The normalized spacial score (nSPS) is 9.25. The van der Waals surface area contributed by atoms with Gasteiger partial charge in [-0.3, -0.25) is 4.79 Å². The van der Waals surface area contributed by atoms with Gasteiger partial charge in [-0.25, -0.2) is 4.79 Å². The van der Waals surface area contributed by atoms with Crippen molar-refractivity contribution in [3.05, 3.63) is 25.3 Å². The molecule has 0 heterocycles. The van der Waals surface area contributed by atoms with Gasteiger partial charge in [0.2, 0.25) is 0 Å². The van der Waals surface area contributed by atoms with E-state index in [2.05, 4.69) is 18.5 Å². The van der Waals surface area contributed by atoms with Crippen molar-refractivity contribution in [2.75, 3.05) is 13.2 Å². The van der Waals surface area contributed by atoms with Gasteiger partial charge in [-0.15, -0.1) is 6.58 Å². The third kappa shape index (κ3) is 8.99. The fourth-order valence-corrected chi connectivity index (χ4v) is 1.05. The van der Waals surface area contributed by atoms with Crippen LogP contribution in [0.25, 0.3) is 0 Å². The maximum absolute atomic E-state index is 11.2. The van der Waals surface area contributed by atoms with Gasteiger partial charge in [0, 0.05) is 19.4 Å². The molecular weight excluding hydrogens is 206 g/mol. The van der Waals surface area contributed by atoms with Crippen LogP contribution in [0, 0.1) is 0 Å². The van der Waals surface area contributed by atoms with Gasteiger partial charge >= 0.3 is 6.09 Å². The van der Waals surface area contributed by atoms with E-state index in [9.17, 15) is 9.59 Å². The molecule has 0 aliphatic heterocycles. The number of ether oxygens (including phenoxy) is 1. The van der Waals surface area contributed by atoms with Crippen LogP contribution in [0.2, 0.25) is 0 Å². The van der Waals surface area contributed by atoms with E-state index in [1.165, 1.54) is 6.08 Å². The largest absolute Gasteiger partial charge is 0.445 e. The summed E-state index contributed by atoms with van der Waals surface area (Å²) in [5, 5.41) is 2.55. The molecule has 0 saturated heterocycles. The van der Waals surface area contributed by atoms with Crippen LogP contribution in [0.1, 0.15) is 25.7 Å². The van der Waals surface area contributed by atoms with E-state index in [1.807, 2.05) is 0 Å². The monoisotopic (exact) mass is 225 g/mol. The Bertz CT molecular complexity index is 223. The highest BCUT2D eigenvalue weighted by atomic mass is 16.5. The highest BCUT2D eigenvalue weighted by molar-refractivity contribution is 5.78. The minimum atomic E-state index is -0.474. The zero-order valence-electron chi connectivity index (χ0n) is 9.54. The fourth-order valence-electron chi connectivity index (χ4n) is 1.05. The molecule has 1 amide bonds. The van der Waals surface area contributed by atoms with Gasteiger partial charge in [0.15, 0.2) is 0 Å². The Hall–Kier alpha value is -1.58. The molecular formula is C12H19NO3. The van der Waals surface area contributed by atoms with Crippen LogP contribution in [0.15, 0.2) is 25.3 Å². The lowest BCUT2D eigenvalue weighted by Gasteiger charge is -2.04. The summed E-state index contributed by atoms with van der Waals surface area (Å²) in [6.07, 6.45) is 5.12. The van der Waals surface area contributed by atoms with Crippen LogP contribution in [0.4, 0.5) is 4.79 Å². The average Bonchev–Trinajstić information content (AvgIpc) is 2.29. The van der Waals surface area contributed by atoms with Crippen LogP contribution < -0.4 is 5.32 Å². The predicted molar refractivity (Wildman–Crippen MR) is 63.2 cm³/mol. The first kappa shape index (κ1) is 14.4. The molecule has 0 aliphatic rings. The Morgan fingerprint density at radius 1 is 1.19 bits per heavy atom. The van der Waals surface area contributed by atoms with Gasteiger partial charge in [0.05, 0.1) is 0 Å². The van der Waals surface area contributed by atoms with E-state index < -0.39 is 6.09 Å². The molecule has 0 aromatic rings. The van der Waals surface area contributed by atoms with Crippen molar-refractivity contribution in [3.63, 3.8) is 0 Å². The van der Waals surface area contributed by atoms with E-state index in [1.54, 1.807) is 6.08 Å². The summed E-state index contributed by atoms with van der Waals surface area (Å²) in [7, 11) is 0. The molecule has 0 aliphatic carbocycles. The molecule has 0 aromatic heterocycles. The van der Waals surface area contributed by atoms with Gasteiger partial charge in [0.1, 0.15) is 12.4 Å². The number of hydrogen-bond acceptors (Lipinski definition) is 3. The maximum atomic E-state index is 11.2. The van der Waals surface area contributed by atoms with Gasteiger partial charge in [-0.1, -0.05) is 18.7 Å². The minimum Gasteiger partial charge on any atom is -0.445 e. The molecule has 0 spiro atoms. The Morgan fingerprint density at radius 2 is 1.94 bits per heavy atom. The molecule has 4 nitrogen and oxygen atoms in total. The van der Waals surface area contributed by atoms with Gasteiger partial charge < -0.3 is 10.1 Å². The standard InChI is InChI=1S/C12H19NO3/c1-3-5-7-11(14)8-6-9-13-12(15)16-10-4-2/h3-4H,1-2,5-10H2,(H,13,15). The second kappa shape index (κ2) is 9.96. The van der Waals surface area contributed by atoms with Crippen molar-refractivity contribution in [1.29, 1.82) is 0 Å². The lowest BCUT2D eigenvalue weighted by atomic mass is 10.1. The number of carbonyl (C=O) groups excluding carboxylic acids is 2. The maximum Gasteiger partial charge on any atom is 0.407 e. The second-order valence-corrected chi connectivity index (χ2v) is 3.28. The van der Waals surface area contributed by atoms with Gasteiger partial charge in [-0.2, -0.15) is 0 Å². The van der Waals surface area contributed by atoms with Crippen LogP contribution in [0.5, 0.6) is 0 Å². The minimum absolute atomic E-state index is 0.196. The molecule has 4 heteroatoms. The number of ketones is 1. The number of nitrogens with one attached hydrogen (secondary N) is 1. The van der Waals surface area contributed by atoms with Crippen LogP contribution in [0.3, 0.4) is 0 Å². The lowest BCUT2D eigenvalue weighted by molar-refractivity contribution is -0.119.